The van der Waals surface area contributed by atoms with Gasteiger partial charge in [-0.1, -0.05) is 97.1 Å². The number of para-hydroxylation sites is 2. The monoisotopic (exact) mass is 580 g/mol. The second kappa shape index (κ2) is 9.06. The zero-order chi connectivity index (χ0) is 28.8. The highest BCUT2D eigenvalue weighted by Crippen LogP contribution is 2.46. The summed E-state index contributed by atoms with van der Waals surface area (Å²) in [6, 6.07) is 36.5. The number of thiazole rings is 1. The third-order valence-electron chi connectivity index (χ3n) is 9.04. The van der Waals surface area contributed by atoms with Gasteiger partial charge in [-0.3, -0.25) is 0 Å². The van der Waals surface area contributed by atoms with Gasteiger partial charge in [-0.05, 0) is 36.8 Å². The first-order valence-electron chi connectivity index (χ1n) is 15.0. The first-order chi connectivity index (χ1) is 21.8. The molecule has 9 aromatic rings. The number of benzene rings is 5. The predicted octanol–water partition coefficient (Wildman–Crippen LogP) is 10.3. The van der Waals surface area contributed by atoms with Gasteiger partial charge in [0.1, 0.15) is 5.01 Å². The minimum Gasteiger partial charge on any atom is -0.308 e. The molecule has 0 saturated carbocycles. The smallest absolute Gasteiger partial charge is 0.160 e. The van der Waals surface area contributed by atoms with Crippen LogP contribution in [0.5, 0.6) is 0 Å². The van der Waals surface area contributed by atoms with Crippen molar-refractivity contribution in [1.82, 2.24) is 19.4 Å². The SMILES string of the molecule is C1=CCC(c2nc3cc4c5ccccc5n5c6ccc(-c7nc(-c8ccccc8)nc8ccccc78)cc6c(c3s2)c45)C=C1. The second-order valence-electron chi connectivity index (χ2n) is 11.6. The maximum Gasteiger partial charge on any atom is 0.160 e. The molecular formula is C39H24N4S. The Morgan fingerprint density at radius 2 is 1.45 bits per heavy atom. The zero-order valence-corrected chi connectivity index (χ0v) is 24.4. The van der Waals surface area contributed by atoms with E-state index in [-0.39, 0.29) is 0 Å². The molecule has 0 spiro atoms. The molecule has 206 valence electrons. The normalized spacial score (nSPS) is 15.2. The van der Waals surface area contributed by atoms with Crippen molar-refractivity contribution in [3.05, 3.63) is 132 Å². The Balaban J connectivity index is 1.30. The van der Waals surface area contributed by atoms with Crippen molar-refractivity contribution in [2.75, 3.05) is 0 Å². The minimum atomic E-state index is 0.318. The summed E-state index contributed by atoms with van der Waals surface area (Å²) >= 11 is 1.85. The third kappa shape index (κ3) is 3.36. The second-order valence-corrected chi connectivity index (χ2v) is 12.6. The van der Waals surface area contributed by atoms with Gasteiger partial charge in [0, 0.05) is 44.0 Å². The molecule has 0 saturated heterocycles. The number of hydrogen-bond donors (Lipinski definition) is 0. The molecule has 4 aromatic heterocycles. The minimum absolute atomic E-state index is 0.318. The van der Waals surface area contributed by atoms with Crippen LogP contribution >= 0.6 is 11.3 Å². The Kier molecular flexibility index (Phi) is 4.96. The molecule has 1 aliphatic carbocycles. The summed E-state index contributed by atoms with van der Waals surface area (Å²) in [6.07, 6.45) is 9.79. The molecule has 5 aromatic carbocycles. The molecule has 0 radical (unpaired) electrons. The zero-order valence-electron chi connectivity index (χ0n) is 23.6. The van der Waals surface area contributed by atoms with Crippen molar-refractivity contribution in [1.29, 1.82) is 0 Å². The lowest BCUT2D eigenvalue weighted by Crippen LogP contribution is -1.95. The van der Waals surface area contributed by atoms with Gasteiger partial charge in [-0.15, -0.1) is 11.3 Å². The molecular weight excluding hydrogens is 557 g/mol. The predicted molar refractivity (Wildman–Crippen MR) is 184 cm³/mol. The fourth-order valence-corrected chi connectivity index (χ4v) is 8.24. The molecule has 4 heterocycles. The molecule has 0 fully saturated rings. The van der Waals surface area contributed by atoms with Crippen LogP contribution in [0, 0.1) is 0 Å². The Morgan fingerprint density at radius 1 is 0.636 bits per heavy atom. The molecule has 0 bridgehead atoms. The van der Waals surface area contributed by atoms with Gasteiger partial charge in [-0.25, -0.2) is 15.0 Å². The van der Waals surface area contributed by atoms with Gasteiger partial charge in [-0.2, -0.15) is 0 Å². The van der Waals surface area contributed by atoms with Crippen LogP contribution in [0.25, 0.3) is 81.9 Å². The van der Waals surface area contributed by atoms with E-state index in [9.17, 15) is 0 Å². The highest BCUT2D eigenvalue weighted by atomic mass is 32.1. The number of hydrogen-bond acceptors (Lipinski definition) is 4. The van der Waals surface area contributed by atoms with E-state index in [1.807, 2.05) is 35.6 Å². The summed E-state index contributed by atoms with van der Waals surface area (Å²) in [5.41, 5.74) is 8.79. The van der Waals surface area contributed by atoms with E-state index in [2.05, 4.69) is 108 Å². The summed E-state index contributed by atoms with van der Waals surface area (Å²) in [5, 5.41) is 7.28. The van der Waals surface area contributed by atoms with E-state index in [0.29, 0.717) is 5.92 Å². The molecule has 1 unspecified atom stereocenters. The highest BCUT2D eigenvalue weighted by molar-refractivity contribution is 7.19. The lowest BCUT2D eigenvalue weighted by atomic mass is 10.0. The average Bonchev–Trinajstić information content (AvgIpc) is 3.77. The lowest BCUT2D eigenvalue weighted by molar-refractivity contribution is 0.845. The van der Waals surface area contributed by atoms with Gasteiger partial charge in [0.15, 0.2) is 5.82 Å². The number of fused-ring (bicyclic) bond motifs is 9. The quantitative estimate of drug-likeness (QED) is 0.209. The summed E-state index contributed by atoms with van der Waals surface area (Å²) in [5.74, 6) is 1.06. The molecule has 1 aliphatic rings. The van der Waals surface area contributed by atoms with Crippen LogP contribution in [0.1, 0.15) is 17.3 Å². The summed E-state index contributed by atoms with van der Waals surface area (Å²) in [4.78, 5) is 15.4. The molecule has 0 aliphatic heterocycles. The van der Waals surface area contributed by atoms with Crippen molar-refractivity contribution in [3.8, 4) is 22.6 Å². The highest BCUT2D eigenvalue weighted by Gasteiger charge is 2.24. The molecule has 0 N–H and O–H groups in total. The first-order valence-corrected chi connectivity index (χ1v) is 15.8. The van der Waals surface area contributed by atoms with E-state index in [4.69, 9.17) is 15.0 Å². The van der Waals surface area contributed by atoms with Gasteiger partial charge >= 0.3 is 0 Å². The molecule has 10 rings (SSSR count). The van der Waals surface area contributed by atoms with Crippen LogP contribution in [0.3, 0.4) is 0 Å². The van der Waals surface area contributed by atoms with Crippen LogP contribution in [-0.4, -0.2) is 19.4 Å². The van der Waals surface area contributed by atoms with Gasteiger partial charge in [0.05, 0.1) is 38.0 Å². The third-order valence-corrected chi connectivity index (χ3v) is 10.3. The van der Waals surface area contributed by atoms with E-state index in [0.717, 1.165) is 45.5 Å². The Morgan fingerprint density at radius 3 is 2.34 bits per heavy atom. The maximum atomic E-state index is 5.25. The Labute approximate surface area is 256 Å². The largest absolute Gasteiger partial charge is 0.308 e. The van der Waals surface area contributed by atoms with Crippen LogP contribution in [0.15, 0.2) is 127 Å². The average molecular weight is 581 g/mol. The number of allylic oxidation sites excluding steroid dienone is 4. The van der Waals surface area contributed by atoms with Crippen molar-refractivity contribution < 1.29 is 0 Å². The molecule has 44 heavy (non-hydrogen) atoms. The van der Waals surface area contributed by atoms with Crippen LogP contribution in [0.2, 0.25) is 0 Å². The fraction of sp³-hybridized carbons (Fsp3) is 0.0513. The first kappa shape index (κ1) is 24.1. The number of aromatic nitrogens is 4. The van der Waals surface area contributed by atoms with E-state index < -0.39 is 0 Å². The van der Waals surface area contributed by atoms with Crippen molar-refractivity contribution in [2.24, 2.45) is 0 Å². The van der Waals surface area contributed by atoms with Crippen molar-refractivity contribution in [3.63, 3.8) is 0 Å². The van der Waals surface area contributed by atoms with Gasteiger partial charge in [0.25, 0.3) is 0 Å². The molecule has 4 nitrogen and oxygen atoms in total. The standard InChI is InChI=1S/C39H24N4S/c1-3-11-23(12-4-1)38-40-30-17-9-7-16-27(30)35(42-38)25-19-20-33-29(21-25)34-36-28(26-15-8-10-18-32(26)43(33)36)22-31-37(34)44-39(41-31)24-13-5-2-6-14-24/h1-13,15-22,24H,14H2. The van der Waals surface area contributed by atoms with E-state index in [1.54, 1.807) is 0 Å². The fourth-order valence-electron chi connectivity index (χ4n) is 7.04. The summed E-state index contributed by atoms with van der Waals surface area (Å²) < 4.78 is 3.71. The summed E-state index contributed by atoms with van der Waals surface area (Å²) in [7, 11) is 0. The Bertz CT molecular complexity index is 2640. The van der Waals surface area contributed by atoms with Crippen LogP contribution in [-0.2, 0) is 0 Å². The molecule has 0 amide bonds. The Hall–Kier alpha value is -5.39. The number of nitrogens with zero attached hydrogens (tertiary/aromatic N) is 4. The molecule has 1 atom stereocenters. The van der Waals surface area contributed by atoms with E-state index >= 15 is 0 Å². The van der Waals surface area contributed by atoms with Crippen LogP contribution < -0.4 is 0 Å². The topological polar surface area (TPSA) is 43.1 Å². The maximum absolute atomic E-state index is 5.25. The van der Waals surface area contributed by atoms with Crippen LogP contribution in [0.4, 0.5) is 0 Å². The van der Waals surface area contributed by atoms with Crippen molar-refractivity contribution >= 4 is 70.6 Å². The van der Waals surface area contributed by atoms with Gasteiger partial charge in [0.2, 0.25) is 0 Å². The van der Waals surface area contributed by atoms with E-state index in [1.165, 1.54) is 47.8 Å². The van der Waals surface area contributed by atoms with Crippen molar-refractivity contribution in [2.45, 2.75) is 12.3 Å². The number of rotatable bonds is 3. The summed E-state index contributed by atoms with van der Waals surface area (Å²) in [6.45, 7) is 0. The molecule has 5 heteroatoms. The van der Waals surface area contributed by atoms with Gasteiger partial charge < -0.3 is 4.40 Å². The lowest BCUT2D eigenvalue weighted by Gasteiger charge is -2.10.